The zero-order valence-electron chi connectivity index (χ0n) is 11.6. The fourth-order valence-corrected chi connectivity index (χ4v) is 2.60. The van der Waals surface area contributed by atoms with Crippen molar-refractivity contribution in [1.29, 1.82) is 0 Å². The molecule has 1 atom stereocenters. The van der Waals surface area contributed by atoms with Gasteiger partial charge in [0.2, 0.25) is 0 Å². The number of hydrogen-bond acceptors (Lipinski definition) is 5. The number of morpholine rings is 1. The summed E-state index contributed by atoms with van der Waals surface area (Å²) in [5.41, 5.74) is 1.05. The highest BCUT2D eigenvalue weighted by atomic mass is 79.9. The van der Waals surface area contributed by atoms with Gasteiger partial charge in [0.1, 0.15) is 11.9 Å². The Morgan fingerprint density at radius 3 is 2.68 bits per heavy atom. The highest BCUT2D eigenvalue weighted by molar-refractivity contribution is 9.10. The first-order valence-corrected chi connectivity index (χ1v) is 7.60. The Labute approximate surface area is 135 Å². The van der Waals surface area contributed by atoms with Gasteiger partial charge in [-0.2, -0.15) is 0 Å². The van der Waals surface area contributed by atoms with Gasteiger partial charge >= 0.3 is 5.97 Å². The van der Waals surface area contributed by atoms with Gasteiger partial charge in [-0.3, -0.25) is 0 Å². The maximum atomic E-state index is 10.8. The second-order valence-electron chi connectivity index (χ2n) is 4.92. The predicted octanol–water partition coefficient (Wildman–Crippen LogP) is 2.52. The number of aromatic carboxylic acids is 1. The molecular weight excluding hydrogens is 350 g/mol. The number of carbonyl (C=O) groups is 1. The van der Waals surface area contributed by atoms with Crippen molar-refractivity contribution < 1.29 is 14.6 Å². The standard InChI is InChI=1S/C15H14BrN3O3/c16-11-3-1-10(2-4-11)13-9-19(5-6-22-13)14-8-17-12(7-18-14)15(20)21/h1-4,7-8,13H,5-6,9H2,(H,20,21). The lowest BCUT2D eigenvalue weighted by atomic mass is 10.1. The number of anilines is 1. The monoisotopic (exact) mass is 363 g/mol. The number of benzene rings is 1. The van der Waals surface area contributed by atoms with E-state index >= 15 is 0 Å². The highest BCUT2D eigenvalue weighted by Gasteiger charge is 2.23. The smallest absolute Gasteiger partial charge is 0.356 e. The minimum atomic E-state index is -1.08. The van der Waals surface area contributed by atoms with Crippen LogP contribution >= 0.6 is 15.9 Å². The Morgan fingerprint density at radius 2 is 2.05 bits per heavy atom. The van der Waals surface area contributed by atoms with Crippen LogP contribution in [-0.4, -0.2) is 40.7 Å². The molecule has 0 amide bonds. The lowest BCUT2D eigenvalue weighted by molar-refractivity contribution is 0.0395. The van der Waals surface area contributed by atoms with E-state index in [1.54, 1.807) is 0 Å². The second-order valence-corrected chi connectivity index (χ2v) is 5.84. The van der Waals surface area contributed by atoms with Crippen LogP contribution < -0.4 is 4.90 Å². The Hall–Kier alpha value is -1.99. The van der Waals surface area contributed by atoms with Gasteiger partial charge in [0.15, 0.2) is 5.69 Å². The molecule has 1 N–H and O–H groups in total. The fourth-order valence-electron chi connectivity index (χ4n) is 2.33. The summed E-state index contributed by atoms with van der Waals surface area (Å²) < 4.78 is 6.85. The third kappa shape index (κ3) is 3.26. The molecule has 2 aromatic rings. The maximum Gasteiger partial charge on any atom is 0.356 e. The van der Waals surface area contributed by atoms with Gasteiger partial charge in [0, 0.05) is 17.6 Å². The van der Waals surface area contributed by atoms with Gasteiger partial charge in [-0.15, -0.1) is 0 Å². The van der Waals surface area contributed by atoms with Crippen molar-refractivity contribution in [3.05, 3.63) is 52.4 Å². The van der Waals surface area contributed by atoms with Crippen molar-refractivity contribution in [2.45, 2.75) is 6.10 Å². The Balaban J connectivity index is 1.75. The molecule has 1 aromatic carbocycles. The second kappa shape index (κ2) is 6.41. The minimum Gasteiger partial charge on any atom is -0.476 e. The first-order chi connectivity index (χ1) is 10.6. The quantitative estimate of drug-likeness (QED) is 0.902. The molecule has 0 spiro atoms. The Morgan fingerprint density at radius 1 is 1.27 bits per heavy atom. The molecule has 0 saturated carbocycles. The van der Waals surface area contributed by atoms with Crippen LogP contribution in [0.5, 0.6) is 0 Å². The van der Waals surface area contributed by atoms with Gasteiger partial charge in [0.25, 0.3) is 0 Å². The first-order valence-electron chi connectivity index (χ1n) is 6.81. The van der Waals surface area contributed by atoms with E-state index in [1.165, 1.54) is 12.4 Å². The zero-order chi connectivity index (χ0) is 15.5. The lowest BCUT2D eigenvalue weighted by Crippen LogP contribution is -2.39. The predicted molar refractivity (Wildman–Crippen MR) is 84.0 cm³/mol. The molecule has 6 nitrogen and oxygen atoms in total. The SMILES string of the molecule is O=C(O)c1cnc(N2CCOC(c3ccc(Br)cc3)C2)cn1. The summed E-state index contributed by atoms with van der Waals surface area (Å²) in [6.07, 6.45) is 2.73. The van der Waals surface area contributed by atoms with Crippen LogP contribution in [0.25, 0.3) is 0 Å². The largest absolute Gasteiger partial charge is 0.476 e. The minimum absolute atomic E-state index is 0.0391. The Kier molecular flexibility index (Phi) is 4.35. The average molecular weight is 364 g/mol. The van der Waals surface area contributed by atoms with E-state index in [4.69, 9.17) is 9.84 Å². The zero-order valence-corrected chi connectivity index (χ0v) is 13.2. The number of hydrogen-bond donors (Lipinski definition) is 1. The van der Waals surface area contributed by atoms with Crippen molar-refractivity contribution >= 4 is 27.7 Å². The van der Waals surface area contributed by atoms with Gasteiger partial charge in [0.05, 0.1) is 19.0 Å². The first kappa shape index (κ1) is 14.9. The van der Waals surface area contributed by atoms with Crippen molar-refractivity contribution in [3.63, 3.8) is 0 Å². The molecule has 0 radical (unpaired) electrons. The summed E-state index contributed by atoms with van der Waals surface area (Å²) in [6, 6.07) is 8.02. The molecule has 114 valence electrons. The summed E-state index contributed by atoms with van der Waals surface area (Å²) in [4.78, 5) is 21.0. The van der Waals surface area contributed by atoms with Crippen LogP contribution in [0.15, 0.2) is 41.1 Å². The van der Waals surface area contributed by atoms with Crippen molar-refractivity contribution in [2.24, 2.45) is 0 Å². The topological polar surface area (TPSA) is 75.5 Å². The summed E-state index contributed by atoms with van der Waals surface area (Å²) >= 11 is 3.42. The molecular formula is C15H14BrN3O3. The van der Waals surface area contributed by atoms with Crippen LogP contribution in [0.2, 0.25) is 0 Å². The molecule has 1 aliphatic heterocycles. The number of carboxylic acids is 1. The summed E-state index contributed by atoms with van der Waals surface area (Å²) in [7, 11) is 0. The molecule has 1 unspecified atom stereocenters. The van der Waals surface area contributed by atoms with Gasteiger partial charge < -0.3 is 14.7 Å². The molecule has 2 heterocycles. The van der Waals surface area contributed by atoms with E-state index in [2.05, 4.69) is 30.8 Å². The van der Waals surface area contributed by atoms with Gasteiger partial charge in [-0.25, -0.2) is 14.8 Å². The van der Waals surface area contributed by atoms with Crippen LogP contribution in [0, 0.1) is 0 Å². The molecule has 3 rings (SSSR count). The van der Waals surface area contributed by atoms with Crippen LogP contribution in [0.4, 0.5) is 5.82 Å². The number of ether oxygens (including phenoxy) is 1. The molecule has 1 fully saturated rings. The van der Waals surface area contributed by atoms with Gasteiger partial charge in [-0.1, -0.05) is 28.1 Å². The van der Waals surface area contributed by atoms with E-state index in [1.807, 2.05) is 24.3 Å². The number of rotatable bonds is 3. The Bertz CT molecular complexity index is 661. The molecule has 1 saturated heterocycles. The van der Waals surface area contributed by atoms with Crippen molar-refractivity contribution in [3.8, 4) is 0 Å². The highest BCUT2D eigenvalue weighted by Crippen LogP contribution is 2.25. The molecule has 1 aromatic heterocycles. The number of aromatic nitrogens is 2. The molecule has 1 aliphatic rings. The molecule has 7 heteroatoms. The van der Waals surface area contributed by atoms with Crippen molar-refractivity contribution in [2.75, 3.05) is 24.6 Å². The van der Waals surface area contributed by atoms with Crippen LogP contribution in [-0.2, 0) is 4.74 Å². The summed E-state index contributed by atoms with van der Waals surface area (Å²) in [5.74, 6) is -0.413. The average Bonchev–Trinajstić information content (AvgIpc) is 2.56. The molecule has 22 heavy (non-hydrogen) atoms. The summed E-state index contributed by atoms with van der Waals surface area (Å²) in [5, 5.41) is 8.86. The van der Waals surface area contributed by atoms with Crippen LogP contribution in [0.3, 0.4) is 0 Å². The van der Waals surface area contributed by atoms with E-state index in [9.17, 15) is 4.79 Å². The van der Waals surface area contributed by atoms with E-state index in [0.29, 0.717) is 25.5 Å². The van der Waals surface area contributed by atoms with E-state index in [0.717, 1.165) is 10.0 Å². The third-order valence-corrected chi connectivity index (χ3v) is 4.02. The number of nitrogens with zero attached hydrogens (tertiary/aromatic N) is 3. The molecule has 0 bridgehead atoms. The normalized spacial score (nSPS) is 18.2. The van der Waals surface area contributed by atoms with Gasteiger partial charge in [-0.05, 0) is 17.7 Å². The molecule has 0 aliphatic carbocycles. The van der Waals surface area contributed by atoms with E-state index < -0.39 is 5.97 Å². The number of halogens is 1. The van der Waals surface area contributed by atoms with E-state index in [-0.39, 0.29) is 11.8 Å². The lowest BCUT2D eigenvalue weighted by Gasteiger charge is -2.33. The van der Waals surface area contributed by atoms with Crippen LogP contribution in [0.1, 0.15) is 22.2 Å². The third-order valence-electron chi connectivity index (χ3n) is 3.49. The maximum absolute atomic E-state index is 10.8. The number of carboxylic acid groups (broad SMARTS) is 1. The fraction of sp³-hybridized carbons (Fsp3) is 0.267. The van der Waals surface area contributed by atoms with Crippen molar-refractivity contribution in [1.82, 2.24) is 9.97 Å². The summed E-state index contributed by atoms with van der Waals surface area (Å²) in [6.45, 7) is 1.94.